The standard InChI is InChI=1S/C17H21ClN6O3S/c1-17(2,22-23-19)14-9-21-16(13-8-20-15(18)7-12(13)14)27-10-5-11(6-10)28(25,26)24(3)4/h7-11H,5-6H2,1-4H3/t10-,11-. The Kier molecular flexibility index (Phi) is 5.42. The van der Waals surface area contributed by atoms with Gasteiger partial charge in [-0.05, 0) is 22.5 Å². The monoisotopic (exact) mass is 424 g/mol. The van der Waals surface area contributed by atoms with Crippen molar-refractivity contribution in [3.05, 3.63) is 39.6 Å². The van der Waals surface area contributed by atoms with Crippen molar-refractivity contribution in [2.75, 3.05) is 14.1 Å². The highest BCUT2D eigenvalue weighted by molar-refractivity contribution is 7.89. The molecule has 1 fully saturated rings. The highest BCUT2D eigenvalue weighted by Gasteiger charge is 2.41. The van der Waals surface area contributed by atoms with E-state index in [0.717, 1.165) is 5.39 Å². The van der Waals surface area contributed by atoms with Gasteiger partial charge in [-0.25, -0.2) is 22.7 Å². The van der Waals surface area contributed by atoms with Crippen LogP contribution in [0.1, 0.15) is 32.3 Å². The molecule has 150 valence electrons. The molecule has 0 saturated heterocycles. The molecule has 0 unspecified atom stereocenters. The number of sulfonamides is 1. The van der Waals surface area contributed by atoms with E-state index >= 15 is 0 Å². The van der Waals surface area contributed by atoms with Crippen molar-refractivity contribution in [3.8, 4) is 5.88 Å². The Bertz CT molecular complexity index is 1060. The average Bonchev–Trinajstić information content (AvgIpc) is 2.56. The Hall–Kier alpha value is -2.13. The van der Waals surface area contributed by atoms with Gasteiger partial charge in [-0.15, -0.1) is 0 Å². The second-order valence-corrected chi connectivity index (χ2v) is 10.3. The molecule has 0 aromatic carbocycles. The zero-order chi connectivity index (χ0) is 20.7. The zero-order valence-corrected chi connectivity index (χ0v) is 17.6. The molecule has 9 nitrogen and oxygen atoms in total. The van der Waals surface area contributed by atoms with Gasteiger partial charge in [-0.2, -0.15) is 0 Å². The third kappa shape index (κ3) is 3.73. The van der Waals surface area contributed by atoms with Gasteiger partial charge in [0, 0.05) is 44.2 Å². The summed E-state index contributed by atoms with van der Waals surface area (Å²) in [6, 6.07) is 1.68. The molecule has 1 saturated carbocycles. The van der Waals surface area contributed by atoms with Gasteiger partial charge in [0.2, 0.25) is 15.9 Å². The Morgan fingerprint density at radius 2 is 1.96 bits per heavy atom. The quantitative estimate of drug-likeness (QED) is 0.303. The highest BCUT2D eigenvalue weighted by Crippen LogP contribution is 2.38. The van der Waals surface area contributed by atoms with Crippen LogP contribution in [-0.4, -0.2) is 48.1 Å². The maximum absolute atomic E-state index is 12.2. The number of hydrogen-bond acceptors (Lipinski definition) is 6. The second kappa shape index (κ2) is 7.36. The van der Waals surface area contributed by atoms with Crippen molar-refractivity contribution < 1.29 is 13.2 Å². The molecular formula is C17H21ClN6O3S. The predicted molar refractivity (Wildman–Crippen MR) is 107 cm³/mol. The van der Waals surface area contributed by atoms with Gasteiger partial charge in [0.15, 0.2) is 0 Å². The first-order valence-electron chi connectivity index (χ1n) is 8.65. The molecule has 2 aromatic rings. The third-order valence-corrected chi connectivity index (χ3v) is 7.37. The molecule has 28 heavy (non-hydrogen) atoms. The van der Waals surface area contributed by atoms with Crippen LogP contribution in [0.15, 0.2) is 23.6 Å². The van der Waals surface area contributed by atoms with E-state index < -0.39 is 20.8 Å². The summed E-state index contributed by atoms with van der Waals surface area (Å²) in [6.07, 6.45) is 3.70. The summed E-state index contributed by atoms with van der Waals surface area (Å²) < 4.78 is 31.5. The fourth-order valence-electron chi connectivity index (χ4n) is 3.15. The molecule has 1 aliphatic rings. The molecule has 1 aliphatic carbocycles. The van der Waals surface area contributed by atoms with E-state index in [9.17, 15) is 8.42 Å². The molecular weight excluding hydrogens is 404 g/mol. The topological polar surface area (TPSA) is 121 Å². The van der Waals surface area contributed by atoms with E-state index in [1.807, 2.05) is 0 Å². The van der Waals surface area contributed by atoms with Gasteiger partial charge >= 0.3 is 0 Å². The maximum atomic E-state index is 12.2. The van der Waals surface area contributed by atoms with Crippen LogP contribution in [0.4, 0.5) is 0 Å². The fourth-order valence-corrected chi connectivity index (χ4v) is 4.82. The van der Waals surface area contributed by atoms with E-state index in [1.54, 1.807) is 32.3 Å². The molecule has 3 rings (SSSR count). The Labute approximate surface area is 168 Å². The summed E-state index contributed by atoms with van der Waals surface area (Å²) in [6.45, 7) is 3.56. The molecule has 0 spiro atoms. The van der Waals surface area contributed by atoms with Crippen LogP contribution in [-0.2, 0) is 15.6 Å². The molecule has 0 radical (unpaired) electrons. The van der Waals surface area contributed by atoms with E-state index in [4.69, 9.17) is 21.9 Å². The smallest absolute Gasteiger partial charge is 0.223 e. The van der Waals surface area contributed by atoms with E-state index in [-0.39, 0.29) is 6.10 Å². The SMILES string of the molecule is CN(C)S(=O)(=O)[C@H]1C[C@H](Oc2ncc(C(C)(C)N=[N+]=[N-])c3cc(Cl)ncc23)C1. The average molecular weight is 425 g/mol. The molecule has 0 aliphatic heterocycles. The van der Waals surface area contributed by atoms with Gasteiger partial charge in [-0.1, -0.05) is 30.6 Å². The summed E-state index contributed by atoms with van der Waals surface area (Å²) in [7, 11) is -0.237. The lowest BCUT2D eigenvalue weighted by Crippen LogP contribution is -2.47. The van der Waals surface area contributed by atoms with Crippen LogP contribution in [0.25, 0.3) is 21.2 Å². The summed E-state index contributed by atoms with van der Waals surface area (Å²) in [5, 5.41) is 5.04. The maximum Gasteiger partial charge on any atom is 0.223 e. The van der Waals surface area contributed by atoms with Crippen molar-refractivity contribution in [1.82, 2.24) is 14.3 Å². The van der Waals surface area contributed by atoms with Crippen molar-refractivity contribution in [3.63, 3.8) is 0 Å². The Morgan fingerprint density at radius 3 is 2.57 bits per heavy atom. The van der Waals surface area contributed by atoms with Crippen molar-refractivity contribution in [1.29, 1.82) is 0 Å². The fraction of sp³-hybridized carbons (Fsp3) is 0.529. The van der Waals surface area contributed by atoms with Crippen molar-refractivity contribution in [2.24, 2.45) is 5.11 Å². The molecule has 2 heterocycles. The number of azide groups is 1. The van der Waals surface area contributed by atoms with Crippen LogP contribution in [0.3, 0.4) is 0 Å². The molecule has 0 N–H and O–H groups in total. The predicted octanol–water partition coefficient (Wildman–Crippen LogP) is 3.63. The zero-order valence-electron chi connectivity index (χ0n) is 16.0. The minimum absolute atomic E-state index is 0.248. The van der Waals surface area contributed by atoms with Crippen LogP contribution in [0.5, 0.6) is 5.88 Å². The van der Waals surface area contributed by atoms with Crippen LogP contribution >= 0.6 is 11.6 Å². The first-order chi connectivity index (χ1) is 13.1. The summed E-state index contributed by atoms with van der Waals surface area (Å²) in [5.41, 5.74) is 8.71. The number of pyridine rings is 2. The normalized spacial score (nSPS) is 19.9. The van der Waals surface area contributed by atoms with Gasteiger partial charge in [-0.3, -0.25) is 0 Å². The Balaban J connectivity index is 1.92. The van der Waals surface area contributed by atoms with Gasteiger partial charge in [0.1, 0.15) is 11.3 Å². The molecule has 2 aromatic heterocycles. The highest BCUT2D eigenvalue weighted by atomic mass is 35.5. The lowest BCUT2D eigenvalue weighted by atomic mass is 9.92. The number of rotatable bonds is 6. The number of nitrogens with zero attached hydrogens (tertiary/aromatic N) is 6. The number of halogens is 1. The summed E-state index contributed by atoms with van der Waals surface area (Å²) >= 11 is 6.07. The van der Waals surface area contributed by atoms with Crippen LogP contribution in [0.2, 0.25) is 5.15 Å². The molecule has 0 atom stereocenters. The lowest BCUT2D eigenvalue weighted by molar-refractivity contribution is 0.117. The minimum atomic E-state index is -3.29. The number of hydrogen-bond donors (Lipinski definition) is 0. The second-order valence-electron chi connectivity index (χ2n) is 7.44. The largest absolute Gasteiger partial charge is 0.474 e. The van der Waals surface area contributed by atoms with Crippen molar-refractivity contribution in [2.45, 2.75) is 43.6 Å². The molecule has 0 amide bonds. The van der Waals surface area contributed by atoms with E-state index in [0.29, 0.717) is 34.8 Å². The van der Waals surface area contributed by atoms with Gasteiger partial charge in [0.25, 0.3) is 0 Å². The van der Waals surface area contributed by atoms with E-state index in [1.165, 1.54) is 18.4 Å². The molecule has 0 bridgehead atoms. The first-order valence-corrected chi connectivity index (χ1v) is 10.5. The van der Waals surface area contributed by atoms with Gasteiger partial charge in [0.05, 0.1) is 16.2 Å². The third-order valence-electron chi connectivity index (χ3n) is 4.92. The van der Waals surface area contributed by atoms with Crippen molar-refractivity contribution >= 4 is 32.4 Å². The number of ether oxygens (including phenoxy) is 1. The molecule has 11 heteroatoms. The van der Waals surface area contributed by atoms with Crippen LogP contribution < -0.4 is 4.74 Å². The van der Waals surface area contributed by atoms with E-state index in [2.05, 4.69) is 20.0 Å². The Morgan fingerprint density at radius 1 is 1.29 bits per heavy atom. The lowest BCUT2D eigenvalue weighted by Gasteiger charge is -2.36. The first kappa shape index (κ1) is 20.6. The summed E-state index contributed by atoms with van der Waals surface area (Å²) in [4.78, 5) is 11.4. The number of fused-ring (bicyclic) bond motifs is 1. The minimum Gasteiger partial charge on any atom is -0.474 e. The van der Waals surface area contributed by atoms with Gasteiger partial charge < -0.3 is 4.74 Å². The summed E-state index contributed by atoms with van der Waals surface area (Å²) in [5.74, 6) is 0.352. The van der Waals surface area contributed by atoms with Crippen LogP contribution in [0, 0.1) is 0 Å². The number of aromatic nitrogens is 2.